The van der Waals surface area contributed by atoms with Gasteiger partial charge in [0.25, 0.3) is 0 Å². The smallest absolute Gasteiger partial charge is 0.0596 e. The monoisotopic (exact) mass is 278 g/mol. The predicted octanol–water partition coefficient (Wildman–Crippen LogP) is 3.00. The Morgan fingerprint density at radius 3 is 2.50 bits per heavy atom. The number of rotatable bonds is 9. The summed E-state index contributed by atoms with van der Waals surface area (Å²) >= 11 is 0. The van der Waals surface area contributed by atoms with E-state index in [1.165, 1.54) is 11.1 Å². The van der Waals surface area contributed by atoms with Crippen LogP contribution in [0.1, 0.15) is 37.4 Å². The average Bonchev–Trinajstić information content (AvgIpc) is 2.41. The fraction of sp³-hybridized carbons (Fsp3) is 0.647. The summed E-state index contributed by atoms with van der Waals surface area (Å²) in [6.07, 6.45) is 1.43. The van der Waals surface area contributed by atoms with Gasteiger partial charge in [-0.15, -0.1) is 0 Å². The molecule has 0 fully saturated rings. The van der Waals surface area contributed by atoms with Crippen LogP contribution in [0.4, 0.5) is 0 Å². The second kappa shape index (κ2) is 9.11. The molecular weight excluding hydrogens is 248 g/mol. The third-order valence-electron chi connectivity index (χ3n) is 3.64. The fourth-order valence-corrected chi connectivity index (χ4v) is 2.34. The maximum absolute atomic E-state index is 5.59. The molecule has 1 aromatic carbocycles. The minimum Gasteiger partial charge on any atom is -0.377 e. The summed E-state index contributed by atoms with van der Waals surface area (Å²) in [6, 6.07) is 9.04. The van der Waals surface area contributed by atoms with E-state index in [0.29, 0.717) is 12.1 Å². The summed E-state index contributed by atoms with van der Waals surface area (Å²) in [5, 5.41) is 3.43. The highest BCUT2D eigenvalue weighted by Crippen LogP contribution is 2.20. The van der Waals surface area contributed by atoms with Crippen molar-refractivity contribution in [1.29, 1.82) is 0 Å². The molecule has 3 nitrogen and oxygen atoms in total. The first kappa shape index (κ1) is 17.2. The zero-order valence-electron chi connectivity index (χ0n) is 13.6. The molecule has 1 N–H and O–H groups in total. The maximum atomic E-state index is 5.59. The van der Waals surface area contributed by atoms with Gasteiger partial charge in [0.2, 0.25) is 0 Å². The van der Waals surface area contributed by atoms with Gasteiger partial charge in [-0.2, -0.15) is 0 Å². The van der Waals surface area contributed by atoms with Crippen molar-refractivity contribution in [3.8, 4) is 0 Å². The van der Waals surface area contributed by atoms with Crippen molar-refractivity contribution in [1.82, 2.24) is 10.2 Å². The molecular formula is C17H30N2O. The molecule has 0 bridgehead atoms. The van der Waals surface area contributed by atoms with Gasteiger partial charge >= 0.3 is 0 Å². The van der Waals surface area contributed by atoms with Crippen molar-refractivity contribution in [2.45, 2.75) is 39.3 Å². The van der Waals surface area contributed by atoms with E-state index < -0.39 is 0 Å². The Hall–Kier alpha value is -0.900. The Bertz CT molecular complexity index is 379. The van der Waals surface area contributed by atoms with Gasteiger partial charge in [-0.05, 0) is 59.0 Å². The number of ether oxygens (including phenoxy) is 1. The largest absolute Gasteiger partial charge is 0.377 e. The Labute approximate surface area is 124 Å². The van der Waals surface area contributed by atoms with Crippen molar-refractivity contribution in [3.05, 3.63) is 35.4 Å². The van der Waals surface area contributed by atoms with Gasteiger partial charge in [-0.1, -0.05) is 24.3 Å². The van der Waals surface area contributed by atoms with Gasteiger partial charge < -0.3 is 15.0 Å². The molecule has 1 unspecified atom stereocenters. The van der Waals surface area contributed by atoms with Crippen LogP contribution in [-0.2, 0) is 4.74 Å². The van der Waals surface area contributed by atoms with Crippen molar-refractivity contribution in [2.24, 2.45) is 0 Å². The number of likely N-dealkylation sites (N-methyl/N-ethyl adjacent to an activating group) is 1. The molecule has 114 valence electrons. The summed E-state index contributed by atoms with van der Waals surface area (Å²) in [4.78, 5) is 2.34. The first-order valence-electron chi connectivity index (χ1n) is 7.57. The lowest BCUT2D eigenvalue weighted by atomic mass is 9.99. The highest BCUT2D eigenvalue weighted by atomic mass is 16.5. The molecule has 0 saturated carbocycles. The van der Waals surface area contributed by atoms with E-state index in [4.69, 9.17) is 4.74 Å². The lowest BCUT2D eigenvalue weighted by Gasteiger charge is -2.23. The van der Waals surface area contributed by atoms with Gasteiger partial charge in [0.1, 0.15) is 0 Å². The summed E-state index contributed by atoms with van der Waals surface area (Å²) in [5.41, 5.74) is 2.76. The van der Waals surface area contributed by atoms with Crippen LogP contribution in [-0.4, -0.2) is 44.8 Å². The van der Waals surface area contributed by atoms with Crippen molar-refractivity contribution in [3.63, 3.8) is 0 Å². The van der Waals surface area contributed by atoms with E-state index in [0.717, 1.165) is 26.1 Å². The van der Waals surface area contributed by atoms with Crippen molar-refractivity contribution in [2.75, 3.05) is 33.8 Å². The van der Waals surface area contributed by atoms with Gasteiger partial charge in [0.05, 0.1) is 12.7 Å². The van der Waals surface area contributed by atoms with Crippen molar-refractivity contribution >= 4 is 0 Å². The van der Waals surface area contributed by atoms with E-state index >= 15 is 0 Å². The predicted molar refractivity (Wildman–Crippen MR) is 86.2 cm³/mol. The Morgan fingerprint density at radius 2 is 1.90 bits per heavy atom. The summed E-state index contributed by atoms with van der Waals surface area (Å²) in [5.74, 6) is 0. The van der Waals surface area contributed by atoms with Crippen LogP contribution in [0, 0.1) is 6.92 Å². The third-order valence-corrected chi connectivity index (χ3v) is 3.64. The quantitative estimate of drug-likeness (QED) is 0.751. The number of aryl methyl sites for hydroxylation is 1. The lowest BCUT2D eigenvalue weighted by molar-refractivity contribution is 0.0633. The zero-order chi connectivity index (χ0) is 15.0. The van der Waals surface area contributed by atoms with Crippen LogP contribution in [0.25, 0.3) is 0 Å². The first-order valence-corrected chi connectivity index (χ1v) is 7.57. The number of hydrogen-bond donors (Lipinski definition) is 1. The highest BCUT2D eigenvalue weighted by molar-refractivity contribution is 5.28. The first-order chi connectivity index (χ1) is 9.54. The topological polar surface area (TPSA) is 24.5 Å². The van der Waals surface area contributed by atoms with Gasteiger partial charge in [-0.25, -0.2) is 0 Å². The molecule has 1 atom stereocenters. The SMILES string of the molecule is CNC(CCN(C)CCOC(C)C)c1ccccc1C. The Balaban J connectivity index is 2.40. The van der Waals surface area contributed by atoms with E-state index in [9.17, 15) is 0 Å². The molecule has 0 aliphatic rings. The molecule has 1 rings (SSSR count). The summed E-state index contributed by atoms with van der Waals surface area (Å²) in [6.45, 7) is 9.21. The van der Waals surface area contributed by atoms with Gasteiger partial charge in [0.15, 0.2) is 0 Å². The van der Waals surface area contributed by atoms with E-state index in [2.05, 4.69) is 62.3 Å². The number of hydrogen-bond acceptors (Lipinski definition) is 3. The van der Waals surface area contributed by atoms with Gasteiger partial charge in [0, 0.05) is 12.6 Å². The molecule has 0 aliphatic carbocycles. The Kier molecular flexibility index (Phi) is 7.82. The number of nitrogens with zero attached hydrogens (tertiary/aromatic N) is 1. The van der Waals surface area contributed by atoms with E-state index in [1.54, 1.807) is 0 Å². The molecule has 0 amide bonds. The second-order valence-electron chi connectivity index (χ2n) is 5.71. The fourth-order valence-electron chi connectivity index (χ4n) is 2.34. The van der Waals surface area contributed by atoms with Crippen LogP contribution in [0.2, 0.25) is 0 Å². The van der Waals surface area contributed by atoms with E-state index in [-0.39, 0.29) is 0 Å². The third kappa shape index (κ3) is 6.04. The minimum absolute atomic E-state index is 0.320. The second-order valence-corrected chi connectivity index (χ2v) is 5.71. The highest BCUT2D eigenvalue weighted by Gasteiger charge is 2.12. The van der Waals surface area contributed by atoms with Crippen molar-refractivity contribution < 1.29 is 4.74 Å². The average molecular weight is 278 g/mol. The standard InChI is InChI=1S/C17H30N2O/c1-14(2)20-13-12-19(5)11-10-17(18-4)16-9-7-6-8-15(16)3/h6-9,14,17-18H,10-13H2,1-5H3. The summed E-state index contributed by atoms with van der Waals surface area (Å²) < 4.78 is 5.59. The molecule has 3 heteroatoms. The van der Waals surface area contributed by atoms with Crippen LogP contribution in [0.5, 0.6) is 0 Å². The number of benzene rings is 1. The molecule has 0 saturated heterocycles. The van der Waals surface area contributed by atoms with Crippen LogP contribution >= 0.6 is 0 Å². The Morgan fingerprint density at radius 1 is 1.20 bits per heavy atom. The maximum Gasteiger partial charge on any atom is 0.0596 e. The van der Waals surface area contributed by atoms with Crippen LogP contribution in [0.15, 0.2) is 24.3 Å². The zero-order valence-corrected chi connectivity index (χ0v) is 13.6. The normalized spacial score (nSPS) is 13.2. The molecule has 0 aliphatic heterocycles. The van der Waals surface area contributed by atoms with Crippen LogP contribution in [0.3, 0.4) is 0 Å². The van der Waals surface area contributed by atoms with Crippen LogP contribution < -0.4 is 5.32 Å². The molecule has 0 heterocycles. The lowest BCUT2D eigenvalue weighted by Crippen LogP contribution is -2.29. The minimum atomic E-state index is 0.320. The summed E-state index contributed by atoms with van der Waals surface area (Å²) in [7, 11) is 4.20. The molecule has 20 heavy (non-hydrogen) atoms. The molecule has 0 radical (unpaired) electrons. The van der Waals surface area contributed by atoms with E-state index in [1.807, 2.05) is 7.05 Å². The number of nitrogens with one attached hydrogen (secondary N) is 1. The molecule has 0 spiro atoms. The molecule has 1 aromatic rings. The molecule has 0 aromatic heterocycles. The van der Waals surface area contributed by atoms with Gasteiger partial charge in [-0.3, -0.25) is 0 Å².